The van der Waals surface area contributed by atoms with Crippen molar-refractivity contribution >= 4 is 5.91 Å². The zero-order chi connectivity index (χ0) is 14.2. The molecule has 0 aliphatic heterocycles. The summed E-state index contributed by atoms with van der Waals surface area (Å²) < 4.78 is 51.0. The van der Waals surface area contributed by atoms with Gasteiger partial charge in [0.2, 0.25) is 0 Å². The van der Waals surface area contributed by atoms with Crippen LogP contribution in [0.2, 0.25) is 0 Å². The molecule has 1 aliphatic carbocycles. The normalized spacial score (nSPS) is 15.4. The average Bonchev–Trinajstić information content (AvgIpc) is 3.07. The summed E-state index contributed by atoms with van der Waals surface area (Å²) in [6.45, 7) is 0.315. The maximum Gasteiger partial charge on any atom is 0.406 e. The summed E-state index contributed by atoms with van der Waals surface area (Å²) in [6, 6.07) is 3.47. The summed E-state index contributed by atoms with van der Waals surface area (Å²) in [5, 5.41) is 0. The van der Waals surface area contributed by atoms with Crippen molar-refractivity contribution in [2.45, 2.75) is 32.0 Å². The number of rotatable bonds is 3. The third-order valence-corrected chi connectivity index (χ3v) is 2.95. The van der Waals surface area contributed by atoms with Crippen LogP contribution in [-0.4, -0.2) is 29.6 Å². The van der Waals surface area contributed by atoms with E-state index in [0.29, 0.717) is 23.3 Å². The third-order valence-electron chi connectivity index (χ3n) is 2.95. The van der Waals surface area contributed by atoms with Crippen LogP contribution in [0.4, 0.5) is 17.6 Å². The minimum atomic E-state index is -4.47. The molecule has 1 aliphatic rings. The lowest BCUT2D eigenvalue weighted by Crippen LogP contribution is -2.40. The molecule has 1 amide bonds. The van der Waals surface area contributed by atoms with E-state index in [9.17, 15) is 22.4 Å². The lowest BCUT2D eigenvalue weighted by molar-refractivity contribution is -0.141. The number of nitrogens with zero attached hydrogens (tertiary/aromatic N) is 1. The first-order valence-electron chi connectivity index (χ1n) is 5.92. The van der Waals surface area contributed by atoms with E-state index < -0.39 is 30.5 Å². The quantitative estimate of drug-likeness (QED) is 0.775. The molecule has 0 atom stereocenters. The van der Waals surface area contributed by atoms with Crippen LogP contribution < -0.4 is 0 Å². The Morgan fingerprint density at radius 3 is 2.47 bits per heavy atom. The molecular formula is C13H13F4NO. The molecule has 104 valence electrons. The van der Waals surface area contributed by atoms with Gasteiger partial charge in [-0.05, 0) is 37.5 Å². The number of carbonyl (C=O) groups excluding carboxylic acids is 1. The van der Waals surface area contributed by atoms with Gasteiger partial charge >= 0.3 is 6.18 Å². The van der Waals surface area contributed by atoms with Crippen LogP contribution in [0.1, 0.15) is 28.8 Å². The van der Waals surface area contributed by atoms with Crippen molar-refractivity contribution < 1.29 is 22.4 Å². The van der Waals surface area contributed by atoms with Gasteiger partial charge in [0.15, 0.2) is 0 Å². The summed E-state index contributed by atoms with van der Waals surface area (Å²) in [5.41, 5.74) is 0.310. The van der Waals surface area contributed by atoms with E-state index in [1.807, 2.05) is 0 Å². The van der Waals surface area contributed by atoms with Gasteiger partial charge in [-0.1, -0.05) is 6.07 Å². The lowest BCUT2D eigenvalue weighted by Gasteiger charge is -2.24. The maximum absolute atomic E-state index is 13.6. The number of hydrogen-bond donors (Lipinski definition) is 0. The highest BCUT2D eigenvalue weighted by Crippen LogP contribution is 2.31. The molecule has 0 saturated heterocycles. The SMILES string of the molecule is Cc1ccc(C(=O)N(CC(F)(F)F)C2CC2)c(F)c1. The fourth-order valence-corrected chi connectivity index (χ4v) is 1.89. The highest BCUT2D eigenvalue weighted by atomic mass is 19.4. The highest BCUT2D eigenvalue weighted by molar-refractivity contribution is 5.95. The summed E-state index contributed by atoms with van der Waals surface area (Å²) in [6.07, 6.45) is -3.40. The first kappa shape index (κ1) is 13.8. The molecular weight excluding hydrogens is 262 g/mol. The first-order valence-corrected chi connectivity index (χ1v) is 5.92. The summed E-state index contributed by atoms with van der Waals surface area (Å²) in [4.78, 5) is 12.7. The van der Waals surface area contributed by atoms with Crippen molar-refractivity contribution in [2.75, 3.05) is 6.54 Å². The molecule has 0 aromatic heterocycles. The van der Waals surface area contributed by atoms with Crippen LogP contribution >= 0.6 is 0 Å². The van der Waals surface area contributed by atoms with Gasteiger partial charge in [-0.25, -0.2) is 4.39 Å². The topological polar surface area (TPSA) is 20.3 Å². The summed E-state index contributed by atoms with van der Waals surface area (Å²) >= 11 is 0. The number of halogens is 4. The minimum Gasteiger partial charge on any atom is -0.326 e. The number of carbonyl (C=O) groups is 1. The number of benzene rings is 1. The Kier molecular flexibility index (Phi) is 3.52. The highest BCUT2D eigenvalue weighted by Gasteiger charge is 2.41. The molecule has 1 fully saturated rings. The second-order valence-corrected chi connectivity index (χ2v) is 4.76. The number of aryl methyl sites for hydroxylation is 1. The van der Waals surface area contributed by atoms with Crippen LogP contribution in [-0.2, 0) is 0 Å². The molecule has 1 aromatic carbocycles. The smallest absolute Gasteiger partial charge is 0.326 e. The molecule has 1 aromatic rings. The first-order chi connectivity index (χ1) is 8.78. The molecule has 0 heterocycles. The fourth-order valence-electron chi connectivity index (χ4n) is 1.89. The van der Waals surface area contributed by atoms with Gasteiger partial charge in [-0.15, -0.1) is 0 Å². The maximum atomic E-state index is 13.6. The van der Waals surface area contributed by atoms with E-state index in [1.165, 1.54) is 12.1 Å². The van der Waals surface area contributed by atoms with Gasteiger partial charge in [0.1, 0.15) is 12.4 Å². The molecule has 2 nitrogen and oxygen atoms in total. The van der Waals surface area contributed by atoms with Gasteiger partial charge in [0.25, 0.3) is 5.91 Å². The largest absolute Gasteiger partial charge is 0.406 e. The van der Waals surface area contributed by atoms with E-state index in [1.54, 1.807) is 6.92 Å². The lowest BCUT2D eigenvalue weighted by atomic mass is 10.1. The van der Waals surface area contributed by atoms with Crippen LogP contribution in [0.3, 0.4) is 0 Å². The van der Waals surface area contributed by atoms with Crippen molar-refractivity contribution in [3.63, 3.8) is 0 Å². The zero-order valence-corrected chi connectivity index (χ0v) is 10.3. The standard InChI is InChI=1S/C13H13F4NO/c1-8-2-5-10(11(14)6-8)12(19)18(9-3-4-9)7-13(15,16)17/h2,5-6,9H,3-4,7H2,1H3. The van der Waals surface area contributed by atoms with Gasteiger partial charge in [0, 0.05) is 6.04 Å². The Morgan fingerprint density at radius 1 is 1.37 bits per heavy atom. The third kappa shape index (κ3) is 3.45. The number of hydrogen-bond acceptors (Lipinski definition) is 1. The Hall–Kier alpha value is -1.59. The summed E-state index contributed by atoms with van der Waals surface area (Å²) in [7, 11) is 0. The Morgan fingerprint density at radius 2 is 2.00 bits per heavy atom. The minimum absolute atomic E-state index is 0.304. The molecule has 0 radical (unpaired) electrons. The van der Waals surface area contributed by atoms with Crippen LogP contribution in [0.5, 0.6) is 0 Å². The van der Waals surface area contributed by atoms with Gasteiger partial charge in [0.05, 0.1) is 5.56 Å². The monoisotopic (exact) mass is 275 g/mol. The van der Waals surface area contributed by atoms with Gasteiger partial charge in [-0.2, -0.15) is 13.2 Å². The second-order valence-electron chi connectivity index (χ2n) is 4.76. The van der Waals surface area contributed by atoms with Crippen LogP contribution in [0.25, 0.3) is 0 Å². The molecule has 19 heavy (non-hydrogen) atoms. The molecule has 0 spiro atoms. The fraction of sp³-hybridized carbons (Fsp3) is 0.462. The predicted molar refractivity (Wildman–Crippen MR) is 61.3 cm³/mol. The van der Waals surface area contributed by atoms with E-state index >= 15 is 0 Å². The predicted octanol–water partition coefficient (Wildman–Crippen LogP) is 3.30. The van der Waals surface area contributed by atoms with E-state index in [4.69, 9.17) is 0 Å². The van der Waals surface area contributed by atoms with Crippen LogP contribution in [0, 0.1) is 12.7 Å². The molecule has 6 heteroatoms. The van der Waals surface area contributed by atoms with Crippen molar-refractivity contribution in [3.8, 4) is 0 Å². The molecule has 0 unspecified atom stereocenters. The average molecular weight is 275 g/mol. The Bertz CT molecular complexity index is 494. The number of amides is 1. The van der Waals surface area contributed by atoms with Gasteiger partial charge in [-0.3, -0.25) is 4.79 Å². The molecule has 0 N–H and O–H groups in total. The van der Waals surface area contributed by atoms with Gasteiger partial charge < -0.3 is 4.90 Å². The zero-order valence-electron chi connectivity index (χ0n) is 10.3. The van der Waals surface area contributed by atoms with Crippen molar-refractivity contribution in [3.05, 3.63) is 35.1 Å². The molecule has 0 bridgehead atoms. The van der Waals surface area contributed by atoms with E-state index in [2.05, 4.69) is 0 Å². The van der Waals surface area contributed by atoms with Crippen molar-refractivity contribution in [1.29, 1.82) is 0 Å². The number of alkyl halides is 3. The second kappa shape index (κ2) is 4.83. The Labute approximate surface area is 108 Å². The van der Waals surface area contributed by atoms with Crippen LogP contribution in [0.15, 0.2) is 18.2 Å². The van der Waals surface area contributed by atoms with Crippen molar-refractivity contribution in [1.82, 2.24) is 4.90 Å². The Balaban J connectivity index is 2.24. The van der Waals surface area contributed by atoms with E-state index in [0.717, 1.165) is 6.07 Å². The molecule has 1 saturated carbocycles. The summed E-state index contributed by atoms with van der Waals surface area (Å²) in [5.74, 6) is -1.67. The molecule has 2 rings (SSSR count). The van der Waals surface area contributed by atoms with E-state index in [-0.39, 0.29) is 5.56 Å². The van der Waals surface area contributed by atoms with Crippen molar-refractivity contribution in [2.24, 2.45) is 0 Å².